The van der Waals surface area contributed by atoms with Crippen LogP contribution in [0.2, 0.25) is 0 Å². The van der Waals surface area contributed by atoms with Crippen molar-refractivity contribution in [3.63, 3.8) is 0 Å². The minimum atomic E-state index is -0.978. The van der Waals surface area contributed by atoms with Gasteiger partial charge in [0.05, 0.1) is 11.1 Å². The van der Waals surface area contributed by atoms with Crippen molar-refractivity contribution < 1.29 is 19.7 Å². The highest BCUT2D eigenvalue weighted by atomic mass is 19.1. The number of rotatable bonds is 3. The lowest BCUT2D eigenvalue weighted by atomic mass is 9.98. The fourth-order valence-corrected chi connectivity index (χ4v) is 3.08. The van der Waals surface area contributed by atoms with Crippen LogP contribution in [0.15, 0.2) is 47.4 Å². The second-order valence-corrected chi connectivity index (χ2v) is 6.18. The maximum atomic E-state index is 13.4. The lowest BCUT2D eigenvalue weighted by Gasteiger charge is -2.09. The van der Waals surface area contributed by atoms with Crippen LogP contribution >= 0.6 is 0 Å². The van der Waals surface area contributed by atoms with E-state index in [1.54, 1.807) is 18.3 Å². The lowest BCUT2D eigenvalue weighted by molar-refractivity contribution is 0.380. The Hall–Kier alpha value is -3.85. The van der Waals surface area contributed by atoms with E-state index in [1.807, 2.05) is 4.98 Å². The summed E-state index contributed by atoms with van der Waals surface area (Å²) in [6, 6.07) is 8.83. The van der Waals surface area contributed by atoms with E-state index in [2.05, 4.69) is 5.10 Å². The van der Waals surface area contributed by atoms with E-state index in [0.717, 1.165) is 5.56 Å². The Morgan fingerprint density at radius 2 is 1.75 bits per heavy atom. The molecule has 28 heavy (non-hydrogen) atoms. The fourth-order valence-electron chi connectivity index (χ4n) is 3.08. The Balaban J connectivity index is 2.14. The molecule has 0 unspecified atom stereocenters. The van der Waals surface area contributed by atoms with E-state index >= 15 is 0 Å². The van der Waals surface area contributed by atoms with Crippen molar-refractivity contribution >= 4 is 5.52 Å². The molecule has 0 fully saturated rings. The number of aromatic amines is 1. The Kier molecular flexibility index (Phi) is 4.01. The average molecular weight is 382 g/mol. The van der Waals surface area contributed by atoms with Crippen LogP contribution in [-0.2, 0) is 6.54 Å². The molecule has 8 nitrogen and oxygen atoms in total. The van der Waals surface area contributed by atoms with Crippen molar-refractivity contribution in [2.45, 2.75) is 6.54 Å². The van der Waals surface area contributed by atoms with Gasteiger partial charge in [-0.05, 0) is 35.9 Å². The van der Waals surface area contributed by atoms with E-state index in [1.165, 1.54) is 28.8 Å². The predicted octanol–water partition coefficient (Wildman–Crippen LogP) is 2.07. The summed E-state index contributed by atoms with van der Waals surface area (Å²) in [6.45, 7) is 0.263. The predicted molar refractivity (Wildman–Crippen MR) is 99.5 cm³/mol. The second kappa shape index (κ2) is 6.39. The third-order valence-corrected chi connectivity index (χ3v) is 4.44. The molecule has 0 atom stereocenters. The van der Waals surface area contributed by atoms with Crippen molar-refractivity contribution in [3.8, 4) is 39.8 Å². The van der Waals surface area contributed by atoms with Gasteiger partial charge in [-0.1, -0.05) is 6.07 Å². The molecule has 4 rings (SSSR count). The summed E-state index contributed by atoms with van der Waals surface area (Å²) in [7, 11) is 0. The molecule has 0 radical (unpaired) electrons. The Morgan fingerprint density at radius 1 is 1.04 bits per heavy atom. The van der Waals surface area contributed by atoms with Crippen LogP contribution in [0.5, 0.6) is 17.4 Å². The fraction of sp³-hybridized carbons (Fsp3) is 0.0526. The Labute approximate surface area is 156 Å². The van der Waals surface area contributed by atoms with E-state index in [0.29, 0.717) is 11.1 Å². The molecule has 3 aromatic heterocycles. The molecule has 6 N–H and O–H groups in total. The first-order valence-electron chi connectivity index (χ1n) is 8.25. The maximum absolute atomic E-state index is 13.4. The van der Waals surface area contributed by atoms with Crippen molar-refractivity contribution in [2.24, 2.45) is 5.73 Å². The minimum Gasteiger partial charge on any atom is -0.503 e. The highest BCUT2D eigenvalue weighted by Crippen LogP contribution is 2.45. The molecule has 0 saturated heterocycles. The van der Waals surface area contributed by atoms with Crippen LogP contribution in [0.4, 0.5) is 4.39 Å². The van der Waals surface area contributed by atoms with Crippen LogP contribution in [0, 0.1) is 5.82 Å². The highest BCUT2D eigenvalue weighted by molar-refractivity contribution is 5.97. The van der Waals surface area contributed by atoms with Gasteiger partial charge in [-0.2, -0.15) is 5.10 Å². The number of fused-ring (bicyclic) bond motifs is 1. The number of pyridine rings is 2. The van der Waals surface area contributed by atoms with E-state index < -0.39 is 28.8 Å². The largest absolute Gasteiger partial charge is 0.503 e. The highest BCUT2D eigenvalue weighted by Gasteiger charge is 2.26. The first-order chi connectivity index (χ1) is 13.4. The maximum Gasteiger partial charge on any atom is 0.293 e. The number of nitrogens with two attached hydrogens (primary N) is 1. The Bertz CT molecular complexity index is 1260. The van der Waals surface area contributed by atoms with Gasteiger partial charge in [0.1, 0.15) is 11.5 Å². The van der Waals surface area contributed by atoms with E-state index in [-0.39, 0.29) is 23.4 Å². The molecule has 9 heteroatoms. The molecule has 4 aromatic rings. The summed E-state index contributed by atoms with van der Waals surface area (Å²) in [5, 5.41) is 35.0. The number of nitrogens with one attached hydrogen (secondary N) is 1. The standard InChI is InChI=1S/C19H15FN4O4/c20-11-4-2-10(3-5-11)15-13(12-6-1-9(7-21)8-24(12)23-15)14-16(25)18(27)22-19(28)17(14)26/h1-6,8,25-26H,7,21H2,(H2,22,27,28). The van der Waals surface area contributed by atoms with Gasteiger partial charge < -0.3 is 21.1 Å². The molecule has 3 heterocycles. The number of H-pyrrole nitrogens is 1. The average Bonchev–Trinajstić information content (AvgIpc) is 3.05. The second-order valence-electron chi connectivity index (χ2n) is 6.18. The van der Waals surface area contributed by atoms with Crippen molar-refractivity contribution in [1.29, 1.82) is 0 Å². The number of aromatic nitrogens is 3. The SMILES string of the molecule is NCc1ccc2c(-c3c(O)c(O)[nH]c(=O)c3O)c(-c3ccc(F)cc3)nn2c1. The molecule has 1 aromatic carbocycles. The molecule has 0 saturated carbocycles. The zero-order valence-electron chi connectivity index (χ0n) is 14.3. The normalized spacial score (nSPS) is 11.2. The number of benzene rings is 1. The summed E-state index contributed by atoms with van der Waals surface area (Å²) in [5.74, 6) is -2.73. The van der Waals surface area contributed by atoms with Gasteiger partial charge in [0, 0.05) is 23.9 Å². The Morgan fingerprint density at radius 3 is 2.43 bits per heavy atom. The van der Waals surface area contributed by atoms with Crippen LogP contribution in [-0.4, -0.2) is 29.9 Å². The van der Waals surface area contributed by atoms with Crippen LogP contribution in [0.25, 0.3) is 27.9 Å². The number of nitrogens with zero attached hydrogens (tertiary/aromatic N) is 2. The van der Waals surface area contributed by atoms with E-state index in [9.17, 15) is 24.5 Å². The van der Waals surface area contributed by atoms with Gasteiger partial charge in [0.15, 0.2) is 11.5 Å². The topological polar surface area (TPSA) is 137 Å². The quantitative estimate of drug-likeness (QED) is 0.368. The van der Waals surface area contributed by atoms with Crippen LogP contribution in [0.3, 0.4) is 0 Å². The van der Waals surface area contributed by atoms with Gasteiger partial charge >= 0.3 is 0 Å². The lowest BCUT2D eigenvalue weighted by Crippen LogP contribution is -2.06. The van der Waals surface area contributed by atoms with Gasteiger partial charge in [0.25, 0.3) is 5.56 Å². The molecular weight excluding hydrogens is 367 g/mol. The summed E-state index contributed by atoms with van der Waals surface area (Å²) < 4.78 is 14.8. The molecule has 0 aliphatic heterocycles. The van der Waals surface area contributed by atoms with Crippen LogP contribution in [0.1, 0.15) is 5.56 Å². The number of hydrogen-bond donors (Lipinski definition) is 5. The molecule has 0 aliphatic rings. The zero-order chi connectivity index (χ0) is 20.0. The molecule has 0 bridgehead atoms. The van der Waals surface area contributed by atoms with Crippen molar-refractivity contribution in [3.05, 3.63) is 64.3 Å². The zero-order valence-corrected chi connectivity index (χ0v) is 14.3. The molecule has 142 valence electrons. The third-order valence-electron chi connectivity index (χ3n) is 4.44. The van der Waals surface area contributed by atoms with E-state index in [4.69, 9.17) is 5.73 Å². The molecule has 0 amide bonds. The van der Waals surface area contributed by atoms with Gasteiger partial charge in [-0.25, -0.2) is 8.91 Å². The van der Waals surface area contributed by atoms with Crippen molar-refractivity contribution in [1.82, 2.24) is 14.6 Å². The minimum absolute atomic E-state index is 0.201. The first kappa shape index (κ1) is 17.6. The summed E-state index contributed by atoms with van der Waals surface area (Å²) >= 11 is 0. The van der Waals surface area contributed by atoms with Gasteiger partial charge in [-0.15, -0.1) is 0 Å². The van der Waals surface area contributed by atoms with Crippen molar-refractivity contribution in [2.75, 3.05) is 0 Å². The smallest absolute Gasteiger partial charge is 0.293 e. The molecule has 0 aliphatic carbocycles. The third kappa shape index (κ3) is 2.65. The summed E-state index contributed by atoms with van der Waals surface area (Å²) in [4.78, 5) is 13.9. The number of hydrogen-bond acceptors (Lipinski definition) is 6. The summed E-state index contributed by atoms with van der Waals surface area (Å²) in [5.41, 5.74) is 6.57. The molecular formula is C19H15FN4O4. The first-order valence-corrected chi connectivity index (χ1v) is 8.25. The number of halogens is 1. The van der Waals surface area contributed by atoms with Gasteiger partial charge in [0.2, 0.25) is 5.88 Å². The van der Waals surface area contributed by atoms with Crippen LogP contribution < -0.4 is 11.3 Å². The van der Waals surface area contributed by atoms with Gasteiger partial charge in [-0.3, -0.25) is 9.78 Å². The monoisotopic (exact) mass is 382 g/mol. The summed E-state index contributed by atoms with van der Waals surface area (Å²) in [6.07, 6.45) is 1.66. The molecule has 0 spiro atoms. The number of aromatic hydroxyl groups is 3.